The molecule has 3 N–H and O–H groups in total. The van der Waals surface area contributed by atoms with Crippen molar-refractivity contribution in [2.45, 2.75) is 13.0 Å². The lowest BCUT2D eigenvalue weighted by Gasteiger charge is -2.06. The molecule has 0 spiro atoms. The highest BCUT2D eigenvalue weighted by atomic mass is 32.1. The first-order valence-electron chi connectivity index (χ1n) is 3.21. The van der Waals surface area contributed by atoms with E-state index >= 15 is 0 Å². The SMILES string of the molecule is CC(=O)NCC(=O)[C@@H](N)CS. The molecule has 0 radical (unpaired) electrons. The van der Waals surface area contributed by atoms with Gasteiger partial charge < -0.3 is 11.1 Å². The van der Waals surface area contributed by atoms with Gasteiger partial charge in [-0.15, -0.1) is 0 Å². The van der Waals surface area contributed by atoms with E-state index in [0.717, 1.165) is 0 Å². The molecule has 0 aromatic heterocycles. The second-order valence-electron chi connectivity index (χ2n) is 2.17. The van der Waals surface area contributed by atoms with Crippen LogP contribution in [-0.2, 0) is 9.59 Å². The molecule has 0 aliphatic rings. The van der Waals surface area contributed by atoms with Crippen LogP contribution in [-0.4, -0.2) is 30.0 Å². The van der Waals surface area contributed by atoms with Crippen LogP contribution in [0.5, 0.6) is 0 Å². The smallest absolute Gasteiger partial charge is 0.217 e. The largest absolute Gasteiger partial charge is 0.349 e. The molecule has 0 bridgehead atoms. The van der Waals surface area contributed by atoms with Gasteiger partial charge in [0.1, 0.15) is 0 Å². The van der Waals surface area contributed by atoms with Gasteiger partial charge in [-0.1, -0.05) is 0 Å². The van der Waals surface area contributed by atoms with E-state index in [0.29, 0.717) is 5.75 Å². The van der Waals surface area contributed by atoms with Crippen molar-refractivity contribution >= 4 is 24.3 Å². The Morgan fingerprint density at radius 1 is 1.64 bits per heavy atom. The van der Waals surface area contributed by atoms with Crippen molar-refractivity contribution in [3.63, 3.8) is 0 Å². The summed E-state index contributed by atoms with van der Waals surface area (Å²) >= 11 is 3.84. The molecule has 11 heavy (non-hydrogen) atoms. The Kier molecular flexibility index (Phi) is 4.89. The Bertz CT molecular complexity index is 161. The number of hydrogen-bond donors (Lipinski definition) is 3. The molecule has 1 atom stereocenters. The van der Waals surface area contributed by atoms with E-state index in [1.165, 1.54) is 6.92 Å². The van der Waals surface area contributed by atoms with Gasteiger partial charge in [-0.05, 0) is 0 Å². The number of hydrogen-bond acceptors (Lipinski definition) is 4. The molecule has 0 saturated carbocycles. The molecule has 0 heterocycles. The van der Waals surface area contributed by atoms with Crippen LogP contribution in [0.2, 0.25) is 0 Å². The van der Waals surface area contributed by atoms with Crippen molar-refractivity contribution in [3.05, 3.63) is 0 Å². The van der Waals surface area contributed by atoms with Crippen molar-refractivity contribution in [3.8, 4) is 0 Å². The maximum absolute atomic E-state index is 10.9. The minimum absolute atomic E-state index is 0.00292. The third-order valence-electron chi connectivity index (χ3n) is 1.12. The summed E-state index contributed by atoms with van der Waals surface area (Å²) in [6.45, 7) is 1.34. The third kappa shape index (κ3) is 4.80. The van der Waals surface area contributed by atoms with E-state index in [4.69, 9.17) is 5.73 Å². The van der Waals surface area contributed by atoms with E-state index in [1.807, 2.05) is 0 Å². The summed E-state index contributed by atoms with van der Waals surface area (Å²) < 4.78 is 0. The highest BCUT2D eigenvalue weighted by Gasteiger charge is 2.10. The van der Waals surface area contributed by atoms with Gasteiger partial charge in [0.25, 0.3) is 0 Å². The molecule has 0 rings (SSSR count). The monoisotopic (exact) mass is 176 g/mol. The lowest BCUT2D eigenvalue weighted by molar-refractivity contribution is -0.124. The molecule has 0 aliphatic heterocycles. The van der Waals surface area contributed by atoms with Gasteiger partial charge in [0.2, 0.25) is 5.91 Å². The molecule has 0 fully saturated rings. The van der Waals surface area contributed by atoms with Crippen molar-refractivity contribution in [1.29, 1.82) is 0 Å². The number of Topliss-reactive ketones (excluding diaryl/α,β-unsaturated/α-hetero) is 1. The molecule has 4 nitrogen and oxygen atoms in total. The summed E-state index contributed by atoms with van der Waals surface area (Å²) in [5.74, 6) is -0.127. The Morgan fingerprint density at radius 2 is 2.18 bits per heavy atom. The molecular weight excluding hydrogens is 164 g/mol. The number of carbonyl (C=O) groups is 2. The van der Waals surface area contributed by atoms with Crippen LogP contribution < -0.4 is 11.1 Å². The molecular formula is C6H12N2O2S. The molecule has 0 saturated heterocycles. The summed E-state index contributed by atoms with van der Waals surface area (Å²) in [7, 11) is 0. The summed E-state index contributed by atoms with van der Waals surface area (Å²) in [6.07, 6.45) is 0. The molecule has 64 valence electrons. The quantitative estimate of drug-likeness (QED) is 0.478. The van der Waals surface area contributed by atoms with Crippen molar-refractivity contribution in [2.75, 3.05) is 12.3 Å². The van der Waals surface area contributed by atoms with E-state index in [-0.39, 0.29) is 18.2 Å². The molecule has 0 aromatic carbocycles. The lowest BCUT2D eigenvalue weighted by Crippen LogP contribution is -2.40. The maximum atomic E-state index is 10.9. The molecule has 0 unspecified atom stereocenters. The van der Waals surface area contributed by atoms with Crippen LogP contribution in [0.1, 0.15) is 6.92 Å². The van der Waals surface area contributed by atoms with Crippen LogP contribution in [0.15, 0.2) is 0 Å². The molecule has 5 heteroatoms. The fourth-order valence-electron chi connectivity index (χ4n) is 0.445. The molecule has 0 aromatic rings. The number of nitrogens with one attached hydrogen (secondary N) is 1. The Hall–Kier alpha value is -0.550. The summed E-state index contributed by atoms with van der Waals surface area (Å²) in [6, 6.07) is -0.579. The van der Waals surface area contributed by atoms with Gasteiger partial charge in [-0.25, -0.2) is 0 Å². The lowest BCUT2D eigenvalue weighted by atomic mass is 10.2. The number of thiol groups is 1. The highest BCUT2D eigenvalue weighted by molar-refractivity contribution is 7.80. The van der Waals surface area contributed by atoms with Gasteiger partial charge in [-0.3, -0.25) is 9.59 Å². The van der Waals surface area contributed by atoms with Gasteiger partial charge in [0, 0.05) is 12.7 Å². The number of nitrogens with two attached hydrogens (primary N) is 1. The zero-order chi connectivity index (χ0) is 8.85. The first-order chi connectivity index (χ1) is 5.07. The number of carbonyl (C=O) groups excluding carboxylic acids is 2. The predicted octanol–water partition coefficient (Wildman–Crippen LogP) is -1.05. The van der Waals surface area contributed by atoms with Gasteiger partial charge in [0.15, 0.2) is 5.78 Å². The maximum Gasteiger partial charge on any atom is 0.217 e. The topological polar surface area (TPSA) is 72.2 Å². The third-order valence-corrected chi connectivity index (χ3v) is 1.52. The number of ketones is 1. The predicted molar refractivity (Wildman–Crippen MR) is 45.5 cm³/mol. The highest BCUT2D eigenvalue weighted by Crippen LogP contribution is 1.84. The summed E-state index contributed by atoms with van der Waals surface area (Å²) in [5, 5.41) is 2.36. The average Bonchev–Trinajstić information content (AvgIpc) is 1.98. The van der Waals surface area contributed by atoms with Crippen LogP contribution in [0.3, 0.4) is 0 Å². The Balaban J connectivity index is 3.60. The van der Waals surface area contributed by atoms with Crippen molar-refractivity contribution in [2.24, 2.45) is 5.73 Å². The van der Waals surface area contributed by atoms with Gasteiger partial charge in [-0.2, -0.15) is 12.6 Å². The standard InChI is InChI=1S/C6H12N2O2S/c1-4(9)8-2-6(10)5(7)3-11/h5,11H,2-3,7H2,1H3,(H,8,9)/t5-/m0/s1. The zero-order valence-corrected chi connectivity index (χ0v) is 7.23. The fraction of sp³-hybridized carbons (Fsp3) is 0.667. The van der Waals surface area contributed by atoms with Crippen LogP contribution in [0.25, 0.3) is 0 Å². The van der Waals surface area contributed by atoms with E-state index < -0.39 is 6.04 Å². The fourth-order valence-corrected chi connectivity index (χ4v) is 0.648. The minimum Gasteiger partial charge on any atom is -0.349 e. The van der Waals surface area contributed by atoms with Gasteiger partial charge in [0.05, 0.1) is 12.6 Å². The van der Waals surface area contributed by atoms with E-state index in [1.54, 1.807) is 0 Å². The van der Waals surface area contributed by atoms with Crippen LogP contribution in [0, 0.1) is 0 Å². The normalized spacial score (nSPS) is 12.3. The van der Waals surface area contributed by atoms with Crippen LogP contribution >= 0.6 is 12.6 Å². The van der Waals surface area contributed by atoms with Gasteiger partial charge >= 0.3 is 0 Å². The minimum atomic E-state index is -0.579. The number of amides is 1. The van der Waals surface area contributed by atoms with E-state index in [2.05, 4.69) is 17.9 Å². The second-order valence-corrected chi connectivity index (χ2v) is 2.53. The zero-order valence-electron chi connectivity index (χ0n) is 6.33. The molecule has 1 amide bonds. The Labute approximate surface area is 70.9 Å². The first-order valence-corrected chi connectivity index (χ1v) is 3.84. The summed E-state index contributed by atoms with van der Waals surface area (Å²) in [5.41, 5.74) is 5.33. The van der Waals surface area contributed by atoms with E-state index in [9.17, 15) is 9.59 Å². The van der Waals surface area contributed by atoms with Crippen molar-refractivity contribution in [1.82, 2.24) is 5.32 Å². The Morgan fingerprint density at radius 3 is 2.55 bits per heavy atom. The van der Waals surface area contributed by atoms with Crippen molar-refractivity contribution < 1.29 is 9.59 Å². The first kappa shape index (κ1) is 10.4. The molecule has 0 aliphatic carbocycles. The summed E-state index contributed by atoms with van der Waals surface area (Å²) in [4.78, 5) is 21.2. The van der Waals surface area contributed by atoms with Crippen LogP contribution in [0.4, 0.5) is 0 Å². The number of rotatable bonds is 4. The second kappa shape index (κ2) is 5.15. The average molecular weight is 176 g/mol.